The van der Waals surface area contributed by atoms with E-state index in [1.165, 1.54) is 12.1 Å². The fourth-order valence-electron chi connectivity index (χ4n) is 1.93. The van der Waals surface area contributed by atoms with Crippen LogP contribution in [0.25, 0.3) is 0 Å². The highest BCUT2D eigenvalue weighted by Crippen LogP contribution is 2.16. The molecular formula is C15H15ClFNO2S. The molecule has 0 aliphatic rings. The molecule has 0 spiro atoms. The number of halogens is 2. The Kier molecular flexibility index (Phi) is 4.98. The van der Waals surface area contributed by atoms with E-state index in [0.29, 0.717) is 16.1 Å². The van der Waals surface area contributed by atoms with Crippen molar-refractivity contribution < 1.29 is 12.8 Å². The third kappa shape index (κ3) is 4.81. The zero-order chi connectivity index (χ0) is 15.5. The van der Waals surface area contributed by atoms with E-state index in [9.17, 15) is 12.8 Å². The minimum absolute atomic E-state index is 0.129. The maximum atomic E-state index is 12.9. The summed E-state index contributed by atoms with van der Waals surface area (Å²) in [4.78, 5) is 0. The molecule has 1 atom stereocenters. The summed E-state index contributed by atoms with van der Waals surface area (Å²) in [7, 11) is -3.49. The highest BCUT2D eigenvalue weighted by Gasteiger charge is 2.16. The Hall–Kier alpha value is -1.43. The summed E-state index contributed by atoms with van der Waals surface area (Å²) in [5.74, 6) is -0.481. The Morgan fingerprint density at radius 1 is 1.10 bits per heavy atom. The molecule has 0 aromatic heterocycles. The van der Waals surface area contributed by atoms with Crippen LogP contribution in [0.4, 0.5) is 4.39 Å². The molecule has 0 heterocycles. The maximum Gasteiger partial charge on any atom is 0.216 e. The molecule has 6 heteroatoms. The second-order valence-electron chi connectivity index (χ2n) is 4.78. The lowest BCUT2D eigenvalue weighted by Gasteiger charge is -2.14. The van der Waals surface area contributed by atoms with Crippen LogP contribution in [0.15, 0.2) is 48.5 Å². The smallest absolute Gasteiger partial charge is 0.212 e. The number of nitrogens with one attached hydrogen (secondary N) is 1. The summed E-state index contributed by atoms with van der Waals surface area (Å²) in [5.41, 5.74) is 1.36. The fourth-order valence-corrected chi connectivity index (χ4v) is 3.45. The molecule has 0 saturated carbocycles. The molecule has 0 radical (unpaired) electrons. The molecule has 2 aromatic carbocycles. The van der Waals surface area contributed by atoms with Crippen molar-refractivity contribution in [3.8, 4) is 0 Å². The van der Waals surface area contributed by atoms with E-state index in [4.69, 9.17) is 11.6 Å². The molecule has 2 aromatic rings. The molecule has 2 rings (SSSR count). The monoisotopic (exact) mass is 327 g/mol. The first-order valence-electron chi connectivity index (χ1n) is 6.36. The molecule has 1 N–H and O–H groups in total. The fraction of sp³-hybridized carbons (Fsp3) is 0.200. The van der Waals surface area contributed by atoms with Crippen LogP contribution in [0, 0.1) is 5.82 Å². The van der Waals surface area contributed by atoms with Crippen LogP contribution in [0.1, 0.15) is 24.1 Å². The highest BCUT2D eigenvalue weighted by molar-refractivity contribution is 7.88. The molecule has 0 bridgehead atoms. The molecule has 0 unspecified atom stereocenters. The van der Waals surface area contributed by atoms with Crippen LogP contribution in [0.3, 0.4) is 0 Å². The van der Waals surface area contributed by atoms with Crippen LogP contribution < -0.4 is 4.72 Å². The van der Waals surface area contributed by atoms with Crippen LogP contribution in [-0.4, -0.2) is 8.42 Å². The molecule has 0 aliphatic carbocycles. The number of hydrogen-bond donors (Lipinski definition) is 1. The van der Waals surface area contributed by atoms with Gasteiger partial charge in [-0.05, 0) is 42.3 Å². The normalized spacial score (nSPS) is 13.1. The number of benzene rings is 2. The standard InChI is InChI=1S/C15H15ClFNO2S/c1-11(13-4-8-15(17)9-5-13)18-21(19,20)10-12-2-6-14(16)7-3-12/h2-9,11,18H,10H2,1H3/t11-/m1/s1. The van der Waals surface area contributed by atoms with Gasteiger partial charge in [0.1, 0.15) is 5.82 Å². The molecule has 0 saturated heterocycles. The number of sulfonamides is 1. The van der Waals surface area contributed by atoms with Crippen molar-refractivity contribution in [3.63, 3.8) is 0 Å². The quantitative estimate of drug-likeness (QED) is 0.911. The predicted octanol–water partition coefficient (Wildman–Crippen LogP) is 3.66. The zero-order valence-electron chi connectivity index (χ0n) is 11.4. The zero-order valence-corrected chi connectivity index (χ0v) is 13.0. The Morgan fingerprint density at radius 2 is 1.67 bits per heavy atom. The van der Waals surface area contributed by atoms with Crippen molar-refractivity contribution in [2.75, 3.05) is 0 Å². The highest BCUT2D eigenvalue weighted by atomic mass is 35.5. The Bertz CT molecular complexity index is 699. The topological polar surface area (TPSA) is 46.2 Å². The predicted molar refractivity (Wildman–Crippen MR) is 82.0 cm³/mol. The van der Waals surface area contributed by atoms with Gasteiger partial charge in [0, 0.05) is 11.1 Å². The van der Waals surface area contributed by atoms with E-state index in [0.717, 1.165) is 0 Å². The minimum Gasteiger partial charge on any atom is -0.212 e. The Balaban J connectivity index is 2.06. The van der Waals surface area contributed by atoms with E-state index >= 15 is 0 Å². The van der Waals surface area contributed by atoms with Gasteiger partial charge < -0.3 is 0 Å². The van der Waals surface area contributed by atoms with Gasteiger partial charge in [0.25, 0.3) is 0 Å². The molecule has 0 fully saturated rings. The summed E-state index contributed by atoms with van der Waals surface area (Å²) in [5, 5.41) is 0.559. The van der Waals surface area contributed by atoms with Gasteiger partial charge in [-0.2, -0.15) is 0 Å². The van der Waals surface area contributed by atoms with Gasteiger partial charge in [0.05, 0.1) is 5.75 Å². The second-order valence-corrected chi connectivity index (χ2v) is 6.97. The van der Waals surface area contributed by atoms with Gasteiger partial charge in [0.2, 0.25) is 10.0 Å². The maximum absolute atomic E-state index is 12.9. The second kappa shape index (κ2) is 6.56. The van der Waals surface area contributed by atoms with Gasteiger partial charge in [-0.15, -0.1) is 0 Å². The van der Waals surface area contributed by atoms with Crippen molar-refractivity contribution >= 4 is 21.6 Å². The third-order valence-corrected chi connectivity index (χ3v) is 4.67. The Morgan fingerprint density at radius 3 is 2.24 bits per heavy atom. The largest absolute Gasteiger partial charge is 0.216 e. The summed E-state index contributed by atoms with van der Waals surface area (Å²) in [6, 6.07) is 11.9. The molecule has 0 aliphatic heterocycles. The first kappa shape index (κ1) is 15.9. The van der Waals surface area contributed by atoms with E-state index in [1.807, 2.05) is 0 Å². The van der Waals surface area contributed by atoms with E-state index < -0.39 is 16.1 Å². The lowest BCUT2D eigenvalue weighted by molar-refractivity contribution is 0.565. The van der Waals surface area contributed by atoms with Crippen molar-refractivity contribution in [1.29, 1.82) is 0 Å². The summed E-state index contributed by atoms with van der Waals surface area (Å²) >= 11 is 5.76. The van der Waals surface area contributed by atoms with Crippen molar-refractivity contribution in [2.45, 2.75) is 18.7 Å². The summed E-state index contributed by atoms with van der Waals surface area (Å²) in [6.07, 6.45) is 0. The third-order valence-electron chi connectivity index (χ3n) is 3.00. The van der Waals surface area contributed by atoms with Crippen LogP contribution in [-0.2, 0) is 15.8 Å². The summed E-state index contributed by atoms with van der Waals surface area (Å²) in [6.45, 7) is 1.71. The van der Waals surface area contributed by atoms with E-state index in [2.05, 4.69) is 4.72 Å². The van der Waals surface area contributed by atoms with Crippen LogP contribution >= 0.6 is 11.6 Å². The number of rotatable bonds is 5. The SMILES string of the molecule is C[C@@H](NS(=O)(=O)Cc1ccc(Cl)cc1)c1ccc(F)cc1. The van der Waals surface area contributed by atoms with E-state index in [1.54, 1.807) is 43.3 Å². The average Bonchev–Trinajstić information content (AvgIpc) is 2.41. The first-order valence-corrected chi connectivity index (χ1v) is 8.39. The number of hydrogen-bond acceptors (Lipinski definition) is 2. The van der Waals surface area contributed by atoms with Gasteiger partial charge in [-0.25, -0.2) is 17.5 Å². The lowest BCUT2D eigenvalue weighted by atomic mass is 10.1. The molecule has 21 heavy (non-hydrogen) atoms. The summed E-state index contributed by atoms with van der Waals surface area (Å²) < 4.78 is 39.7. The Labute approximate surface area is 128 Å². The lowest BCUT2D eigenvalue weighted by Crippen LogP contribution is -2.28. The molecule has 3 nitrogen and oxygen atoms in total. The minimum atomic E-state index is -3.49. The van der Waals surface area contributed by atoms with Crippen molar-refractivity contribution in [3.05, 3.63) is 70.5 Å². The van der Waals surface area contributed by atoms with Gasteiger partial charge in [-0.3, -0.25) is 0 Å². The van der Waals surface area contributed by atoms with E-state index in [-0.39, 0.29) is 11.6 Å². The van der Waals surface area contributed by atoms with Crippen molar-refractivity contribution in [1.82, 2.24) is 4.72 Å². The van der Waals surface area contributed by atoms with Crippen molar-refractivity contribution in [2.24, 2.45) is 0 Å². The first-order chi connectivity index (χ1) is 9.85. The van der Waals surface area contributed by atoms with Gasteiger partial charge >= 0.3 is 0 Å². The van der Waals surface area contributed by atoms with Crippen LogP contribution in [0.5, 0.6) is 0 Å². The van der Waals surface area contributed by atoms with Gasteiger partial charge in [-0.1, -0.05) is 35.9 Å². The average molecular weight is 328 g/mol. The van der Waals surface area contributed by atoms with Gasteiger partial charge in [0.15, 0.2) is 0 Å². The molecule has 0 amide bonds. The van der Waals surface area contributed by atoms with Crippen LogP contribution in [0.2, 0.25) is 5.02 Å². The molecular weight excluding hydrogens is 313 g/mol. The molecule has 112 valence electrons.